The van der Waals surface area contributed by atoms with Crippen molar-refractivity contribution in [3.05, 3.63) is 0 Å². The van der Waals surface area contributed by atoms with Crippen LogP contribution in [0.1, 0.15) is 32.6 Å². The average molecular weight is 271 g/mol. The van der Waals surface area contributed by atoms with Crippen LogP contribution in [0, 0.1) is 5.92 Å². The molecular weight excluding hydrogens is 246 g/mol. The molecule has 2 fully saturated rings. The molecule has 0 amide bonds. The minimum atomic E-state index is -0.665. The Kier molecular flexibility index (Phi) is 5.19. The molecule has 1 saturated carbocycles. The van der Waals surface area contributed by atoms with Crippen LogP contribution in [0.4, 0.5) is 0 Å². The summed E-state index contributed by atoms with van der Waals surface area (Å²) in [6, 6.07) is 0. The first-order chi connectivity index (χ1) is 9.23. The van der Waals surface area contributed by atoms with Gasteiger partial charge in [0.25, 0.3) is 0 Å². The van der Waals surface area contributed by atoms with E-state index in [-0.39, 0.29) is 12.1 Å². The highest BCUT2D eigenvalue weighted by atomic mass is 16.5. The number of esters is 1. The molecule has 5 heteroatoms. The van der Waals surface area contributed by atoms with E-state index < -0.39 is 5.54 Å². The molecule has 0 bridgehead atoms. The molecule has 0 aromatic carbocycles. The Hall–Kier alpha value is -0.650. The second kappa shape index (κ2) is 6.68. The molecule has 1 aliphatic heterocycles. The third-order valence-electron chi connectivity index (χ3n) is 3.97. The van der Waals surface area contributed by atoms with Crippen molar-refractivity contribution in [1.29, 1.82) is 0 Å². The van der Waals surface area contributed by atoms with Gasteiger partial charge in [0.15, 0.2) is 0 Å². The number of hydrogen-bond acceptors (Lipinski definition) is 5. The summed E-state index contributed by atoms with van der Waals surface area (Å²) in [5.74, 6) is 0.133. The molecule has 1 heterocycles. The predicted molar refractivity (Wildman–Crippen MR) is 70.9 cm³/mol. The molecule has 0 aromatic rings. The maximum Gasteiger partial charge on any atom is 0.328 e. The lowest BCUT2D eigenvalue weighted by Gasteiger charge is -2.32. The number of methoxy groups -OCH3 is 1. The third-order valence-corrected chi connectivity index (χ3v) is 3.97. The number of ether oxygens (including phenoxy) is 3. The van der Waals surface area contributed by atoms with Crippen molar-refractivity contribution in [3.8, 4) is 0 Å². The van der Waals surface area contributed by atoms with Crippen LogP contribution in [0.3, 0.4) is 0 Å². The van der Waals surface area contributed by atoms with Crippen LogP contribution in [-0.4, -0.2) is 51.1 Å². The molecule has 2 atom stereocenters. The standard InChI is InChI=1S/C14H25NO4/c1-3-15-14(11-6-7-11,13(16)17-2)10-18-9-12-5-4-8-19-12/h11-12,15H,3-10H2,1-2H3. The zero-order valence-corrected chi connectivity index (χ0v) is 11.9. The van der Waals surface area contributed by atoms with Crippen molar-refractivity contribution in [2.75, 3.05) is 33.5 Å². The van der Waals surface area contributed by atoms with Crippen LogP contribution >= 0.6 is 0 Å². The van der Waals surface area contributed by atoms with Crippen molar-refractivity contribution >= 4 is 5.97 Å². The fraction of sp³-hybridized carbons (Fsp3) is 0.929. The molecule has 0 aromatic heterocycles. The second-order valence-electron chi connectivity index (χ2n) is 5.42. The van der Waals surface area contributed by atoms with Gasteiger partial charge in [0, 0.05) is 6.61 Å². The molecule has 2 aliphatic rings. The van der Waals surface area contributed by atoms with Gasteiger partial charge in [-0.3, -0.25) is 5.32 Å². The highest BCUT2D eigenvalue weighted by Crippen LogP contribution is 2.40. The van der Waals surface area contributed by atoms with E-state index in [0.29, 0.717) is 19.1 Å². The van der Waals surface area contributed by atoms with Gasteiger partial charge in [-0.05, 0) is 38.1 Å². The van der Waals surface area contributed by atoms with Gasteiger partial charge in [-0.15, -0.1) is 0 Å². The first-order valence-electron chi connectivity index (χ1n) is 7.25. The Morgan fingerprint density at radius 3 is 2.74 bits per heavy atom. The van der Waals surface area contributed by atoms with E-state index in [9.17, 15) is 4.79 Å². The number of carbonyl (C=O) groups excluding carboxylic acids is 1. The lowest BCUT2D eigenvalue weighted by molar-refractivity contribution is -0.153. The van der Waals surface area contributed by atoms with Crippen molar-refractivity contribution < 1.29 is 19.0 Å². The van der Waals surface area contributed by atoms with Crippen molar-refractivity contribution in [2.24, 2.45) is 5.92 Å². The highest BCUT2D eigenvalue weighted by molar-refractivity contribution is 5.82. The maximum atomic E-state index is 12.1. The topological polar surface area (TPSA) is 56.8 Å². The quantitative estimate of drug-likeness (QED) is 0.670. The van der Waals surface area contributed by atoms with Crippen LogP contribution in [0.25, 0.3) is 0 Å². The minimum absolute atomic E-state index is 0.191. The summed E-state index contributed by atoms with van der Waals surface area (Å²) in [6.45, 7) is 4.50. The molecule has 0 spiro atoms. The second-order valence-corrected chi connectivity index (χ2v) is 5.42. The summed E-state index contributed by atoms with van der Waals surface area (Å²) in [7, 11) is 1.44. The van der Waals surface area contributed by atoms with Crippen LogP contribution in [0.15, 0.2) is 0 Å². The average Bonchev–Trinajstić information content (AvgIpc) is 3.15. The molecule has 19 heavy (non-hydrogen) atoms. The van der Waals surface area contributed by atoms with Crippen molar-refractivity contribution in [3.63, 3.8) is 0 Å². The molecule has 0 radical (unpaired) electrons. The van der Waals surface area contributed by atoms with Gasteiger partial charge in [-0.1, -0.05) is 6.92 Å². The number of hydrogen-bond donors (Lipinski definition) is 1. The molecule has 2 rings (SSSR count). The van der Waals surface area contributed by atoms with Crippen molar-refractivity contribution in [2.45, 2.75) is 44.2 Å². The Morgan fingerprint density at radius 1 is 1.42 bits per heavy atom. The number of rotatable bonds is 8. The molecular formula is C14H25NO4. The van der Waals surface area contributed by atoms with Crippen LogP contribution in [0.2, 0.25) is 0 Å². The number of nitrogens with one attached hydrogen (secondary N) is 1. The summed E-state index contributed by atoms with van der Waals surface area (Å²) in [5, 5.41) is 3.29. The number of carbonyl (C=O) groups is 1. The minimum Gasteiger partial charge on any atom is -0.468 e. The lowest BCUT2D eigenvalue weighted by atomic mass is 9.94. The van der Waals surface area contributed by atoms with E-state index >= 15 is 0 Å². The van der Waals surface area contributed by atoms with Gasteiger partial charge in [0.2, 0.25) is 0 Å². The van der Waals surface area contributed by atoms with Crippen molar-refractivity contribution in [1.82, 2.24) is 5.32 Å². The Morgan fingerprint density at radius 2 is 2.21 bits per heavy atom. The largest absolute Gasteiger partial charge is 0.468 e. The van der Waals surface area contributed by atoms with E-state index in [4.69, 9.17) is 14.2 Å². The summed E-state index contributed by atoms with van der Waals surface area (Å²) >= 11 is 0. The number of likely N-dealkylation sites (N-methyl/N-ethyl adjacent to an activating group) is 1. The van der Waals surface area contributed by atoms with Gasteiger partial charge in [-0.25, -0.2) is 4.79 Å². The van der Waals surface area contributed by atoms with Gasteiger partial charge < -0.3 is 14.2 Å². The fourth-order valence-corrected chi connectivity index (χ4v) is 2.81. The highest BCUT2D eigenvalue weighted by Gasteiger charge is 2.51. The molecule has 110 valence electrons. The van der Waals surface area contributed by atoms with E-state index in [2.05, 4.69) is 5.32 Å². The Balaban J connectivity index is 1.90. The van der Waals surface area contributed by atoms with Crippen LogP contribution < -0.4 is 5.32 Å². The molecule has 1 aliphatic carbocycles. The molecule has 5 nitrogen and oxygen atoms in total. The van der Waals surface area contributed by atoms with Crippen LogP contribution in [0.5, 0.6) is 0 Å². The Labute approximate surface area is 115 Å². The van der Waals surface area contributed by atoms with Gasteiger partial charge >= 0.3 is 5.97 Å². The monoisotopic (exact) mass is 271 g/mol. The summed E-state index contributed by atoms with van der Waals surface area (Å²) in [6.07, 6.45) is 4.47. The van der Waals surface area contributed by atoms with Gasteiger partial charge in [0.1, 0.15) is 5.54 Å². The zero-order chi connectivity index (χ0) is 13.7. The first-order valence-corrected chi connectivity index (χ1v) is 7.25. The summed E-state index contributed by atoms with van der Waals surface area (Å²) in [4.78, 5) is 12.1. The van der Waals surface area contributed by atoms with Crippen LogP contribution in [-0.2, 0) is 19.0 Å². The Bertz CT molecular complexity index is 300. The lowest BCUT2D eigenvalue weighted by Crippen LogP contribution is -2.58. The van der Waals surface area contributed by atoms with E-state index in [1.54, 1.807) is 0 Å². The molecule has 1 N–H and O–H groups in total. The van der Waals surface area contributed by atoms with E-state index in [0.717, 1.165) is 38.8 Å². The van der Waals surface area contributed by atoms with Gasteiger partial charge in [-0.2, -0.15) is 0 Å². The normalized spacial score (nSPS) is 26.1. The van der Waals surface area contributed by atoms with E-state index in [1.807, 2.05) is 6.92 Å². The first kappa shape index (κ1) is 14.8. The summed E-state index contributed by atoms with van der Waals surface area (Å²) < 4.78 is 16.3. The molecule has 1 saturated heterocycles. The molecule has 2 unspecified atom stereocenters. The predicted octanol–water partition coefficient (Wildman–Crippen LogP) is 1.11. The third kappa shape index (κ3) is 3.46. The van der Waals surface area contributed by atoms with Gasteiger partial charge in [0.05, 0.1) is 26.4 Å². The zero-order valence-electron chi connectivity index (χ0n) is 11.9. The fourth-order valence-electron chi connectivity index (χ4n) is 2.81. The van der Waals surface area contributed by atoms with E-state index in [1.165, 1.54) is 7.11 Å². The summed E-state index contributed by atoms with van der Waals surface area (Å²) in [5.41, 5.74) is -0.665. The maximum absolute atomic E-state index is 12.1. The SMILES string of the molecule is CCNC(COCC1CCCO1)(C(=O)OC)C1CC1. The smallest absolute Gasteiger partial charge is 0.328 e.